The summed E-state index contributed by atoms with van der Waals surface area (Å²) >= 11 is 0. The Morgan fingerprint density at radius 2 is 2.21 bits per heavy atom. The van der Waals surface area contributed by atoms with Crippen LogP contribution in [-0.2, 0) is 11.3 Å². The van der Waals surface area contributed by atoms with Gasteiger partial charge in [-0.15, -0.1) is 0 Å². The normalized spacial score (nSPS) is 23.6. The Labute approximate surface area is 111 Å². The van der Waals surface area contributed by atoms with Crippen molar-refractivity contribution in [3.05, 3.63) is 29.8 Å². The number of nitrogens with one attached hydrogen (secondary N) is 1. The number of halogens is 2. The van der Waals surface area contributed by atoms with Gasteiger partial charge in [0.15, 0.2) is 0 Å². The number of rotatable bonds is 5. The third-order valence-corrected chi connectivity index (χ3v) is 3.33. The molecule has 0 bridgehead atoms. The average Bonchev–Trinajstić information content (AvgIpc) is 2.38. The summed E-state index contributed by atoms with van der Waals surface area (Å²) in [6.45, 7) is 1.22. The highest BCUT2D eigenvalue weighted by molar-refractivity contribution is 5.33. The van der Waals surface area contributed by atoms with Crippen molar-refractivity contribution in [2.75, 3.05) is 13.2 Å². The molecule has 0 spiro atoms. The lowest BCUT2D eigenvalue weighted by molar-refractivity contribution is -0.0506. The number of hydrogen-bond donors (Lipinski definition) is 1. The fourth-order valence-electron chi connectivity index (χ4n) is 2.24. The van der Waals surface area contributed by atoms with E-state index in [9.17, 15) is 8.78 Å². The molecule has 1 fully saturated rings. The van der Waals surface area contributed by atoms with Crippen LogP contribution < -0.4 is 10.1 Å². The molecule has 1 aromatic carbocycles. The Morgan fingerprint density at radius 3 is 2.89 bits per heavy atom. The van der Waals surface area contributed by atoms with Crippen molar-refractivity contribution in [1.82, 2.24) is 5.32 Å². The zero-order chi connectivity index (χ0) is 13.7. The van der Waals surface area contributed by atoms with E-state index < -0.39 is 6.61 Å². The highest BCUT2D eigenvalue weighted by Crippen LogP contribution is 2.23. The summed E-state index contributed by atoms with van der Waals surface area (Å²) in [5.74, 6) is 0.227. The van der Waals surface area contributed by atoms with Crippen LogP contribution in [0.4, 0.5) is 8.78 Å². The van der Waals surface area contributed by atoms with Gasteiger partial charge in [-0.3, -0.25) is 0 Å². The molecule has 1 aromatic rings. The van der Waals surface area contributed by atoms with Gasteiger partial charge in [0.05, 0.1) is 6.61 Å². The van der Waals surface area contributed by atoms with Gasteiger partial charge in [-0.1, -0.05) is 18.2 Å². The van der Waals surface area contributed by atoms with E-state index in [1.165, 1.54) is 0 Å². The summed E-state index contributed by atoms with van der Waals surface area (Å²) in [5.41, 5.74) is 0.630. The maximum absolute atomic E-state index is 12.3. The third-order valence-electron chi connectivity index (χ3n) is 3.33. The molecule has 0 amide bonds. The van der Waals surface area contributed by atoms with Gasteiger partial charge in [0.1, 0.15) is 5.75 Å². The number of para-hydroxylation sites is 1. The van der Waals surface area contributed by atoms with Crippen LogP contribution in [0.3, 0.4) is 0 Å². The van der Waals surface area contributed by atoms with E-state index in [4.69, 9.17) is 4.74 Å². The molecular weight excluding hydrogens is 252 g/mol. The standard InChI is InChI=1S/C14H19F2NO2/c1-14(7-4-8-18-10-14)17-9-11-5-2-3-6-12(11)19-13(15)16/h2-3,5-6,13,17H,4,7-10H2,1H3. The number of ether oxygens (including phenoxy) is 2. The van der Waals surface area contributed by atoms with Crippen molar-refractivity contribution in [2.24, 2.45) is 0 Å². The Hall–Kier alpha value is -1.20. The van der Waals surface area contributed by atoms with Gasteiger partial charge in [-0.2, -0.15) is 8.78 Å². The fourth-order valence-corrected chi connectivity index (χ4v) is 2.24. The van der Waals surface area contributed by atoms with Gasteiger partial charge < -0.3 is 14.8 Å². The summed E-state index contributed by atoms with van der Waals surface area (Å²) in [7, 11) is 0. The molecular formula is C14H19F2NO2. The van der Waals surface area contributed by atoms with Gasteiger partial charge in [0.25, 0.3) is 0 Å². The van der Waals surface area contributed by atoms with Crippen molar-refractivity contribution in [3.8, 4) is 5.75 Å². The molecule has 106 valence electrons. The minimum absolute atomic E-state index is 0.101. The fraction of sp³-hybridized carbons (Fsp3) is 0.571. The first kappa shape index (κ1) is 14.2. The molecule has 19 heavy (non-hydrogen) atoms. The van der Waals surface area contributed by atoms with Crippen LogP contribution in [0, 0.1) is 0 Å². The Bertz CT molecular complexity index is 406. The maximum Gasteiger partial charge on any atom is 0.387 e. The second-order valence-electron chi connectivity index (χ2n) is 5.06. The second kappa shape index (κ2) is 6.30. The number of hydrogen-bond acceptors (Lipinski definition) is 3. The smallest absolute Gasteiger partial charge is 0.387 e. The summed E-state index contributed by atoms with van der Waals surface area (Å²) in [6.07, 6.45) is 2.03. The predicted molar refractivity (Wildman–Crippen MR) is 68.4 cm³/mol. The first-order valence-corrected chi connectivity index (χ1v) is 6.45. The zero-order valence-electron chi connectivity index (χ0n) is 11.0. The van der Waals surface area contributed by atoms with Crippen LogP contribution in [-0.4, -0.2) is 25.4 Å². The molecule has 3 nitrogen and oxygen atoms in total. The monoisotopic (exact) mass is 271 g/mol. The molecule has 1 saturated heterocycles. The van der Waals surface area contributed by atoms with E-state index in [0.29, 0.717) is 13.2 Å². The molecule has 0 saturated carbocycles. The van der Waals surface area contributed by atoms with Gasteiger partial charge in [0.2, 0.25) is 0 Å². The van der Waals surface area contributed by atoms with Crippen LogP contribution in [0.25, 0.3) is 0 Å². The van der Waals surface area contributed by atoms with Crippen LogP contribution >= 0.6 is 0 Å². The second-order valence-corrected chi connectivity index (χ2v) is 5.06. The van der Waals surface area contributed by atoms with Crippen molar-refractivity contribution in [3.63, 3.8) is 0 Å². The van der Waals surface area contributed by atoms with Gasteiger partial charge in [-0.05, 0) is 25.8 Å². The molecule has 1 aliphatic rings. The molecule has 0 aromatic heterocycles. The lowest BCUT2D eigenvalue weighted by Crippen LogP contribution is -2.48. The summed E-state index contributed by atoms with van der Waals surface area (Å²) in [4.78, 5) is 0. The van der Waals surface area contributed by atoms with Gasteiger partial charge >= 0.3 is 6.61 Å². The molecule has 0 radical (unpaired) electrons. The largest absolute Gasteiger partial charge is 0.434 e. The summed E-state index contributed by atoms with van der Waals surface area (Å²) in [6, 6.07) is 6.85. The molecule has 1 heterocycles. The van der Waals surface area contributed by atoms with Crippen LogP contribution in [0.5, 0.6) is 5.75 Å². The predicted octanol–water partition coefficient (Wildman–Crippen LogP) is 2.95. The van der Waals surface area contributed by atoms with Crippen molar-refractivity contribution in [1.29, 1.82) is 0 Å². The van der Waals surface area contributed by atoms with E-state index in [2.05, 4.69) is 17.0 Å². The third kappa shape index (κ3) is 4.14. The van der Waals surface area contributed by atoms with E-state index in [0.717, 1.165) is 25.0 Å². The zero-order valence-corrected chi connectivity index (χ0v) is 11.0. The lowest BCUT2D eigenvalue weighted by Gasteiger charge is -2.34. The topological polar surface area (TPSA) is 30.5 Å². The molecule has 5 heteroatoms. The van der Waals surface area contributed by atoms with Gasteiger partial charge in [0, 0.05) is 24.3 Å². The van der Waals surface area contributed by atoms with E-state index in [1.54, 1.807) is 18.2 Å². The van der Waals surface area contributed by atoms with Crippen LogP contribution in [0.2, 0.25) is 0 Å². The Balaban J connectivity index is 1.98. The van der Waals surface area contributed by atoms with Gasteiger partial charge in [-0.25, -0.2) is 0 Å². The first-order valence-electron chi connectivity index (χ1n) is 6.45. The minimum Gasteiger partial charge on any atom is -0.434 e. The molecule has 2 rings (SSSR count). The Kier molecular flexibility index (Phi) is 4.71. The summed E-state index contributed by atoms with van der Waals surface area (Å²) < 4.78 is 34.6. The summed E-state index contributed by atoms with van der Waals surface area (Å²) in [5, 5.41) is 3.38. The molecule has 1 aliphatic heterocycles. The van der Waals surface area contributed by atoms with Crippen molar-refractivity contribution in [2.45, 2.75) is 38.5 Å². The van der Waals surface area contributed by atoms with Crippen LogP contribution in [0.15, 0.2) is 24.3 Å². The van der Waals surface area contributed by atoms with E-state index in [-0.39, 0.29) is 11.3 Å². The lowest BCUT2D eigenvalue weighted by atomic mass is 9.94. The van der Waals surface area contributed by atoms with E-state index >= 15 is 0 Å². The quantitative estimate of drug-likeness (QED) is 0.893. The first-order chi connectivity index (χ1) is 9.09. The molecule has 1 unspecified atom stereocenters. The van der Waals surface area contributed by atoms with E-state index in [1.807, 2.05) is 6.07 Å². The average molecular weight is 271 g/mol. The highest BCUT2D eigenvalue weighted by Gasteiger charge is 2.27. The number of benzene rings is 1. The molecule has 1 N–H and O–H groups in total. The van der Waals surface area contributed by atoms with Crippen molar-refractivity contribution >= 4 is 0 Å². The SMILES string of the molecule is CC1(NCc2ccccc2OC(F)F)CCCOC1. The number of alkyl halides is 2. The van der Waals surface area contributed by atoms with Crippen molar-refractivity contribution < 1.29 is 18.3 Å². The molecule has 0 aliphatic carbocycles. The Morgan fingerprint density at radius 1 is 1.42 bits per heavy atom. The minimum atomic E-state index is -2.80. The molecule has 1 atom stereocenters. The highest BCUT2D eigenvalue weighted by atomic mass is 19.3. The van der Waals surface area contributed by atoms with Crippen LogP contribution in [0.1, 0.15) is 25.3 Å². The maximum atomic E-state index is 12.3.